The molecule has 0 aromatic heterocycles. The lowest BCUT2D eigenvalue weighted by Crippen LogP contribution is -2.39. The topological polar surface area (TPSA) is 67.4 Å². The van der Waals surface area contributed by atoms with Gasteiger partial charge in [0.1, 0.15) is 0 Å². The van der Waals surface area contributed by atoms with E-state index in [1.807, 2.05) is 31.2 Å². The van der Waals surface area contributed by atoms with Crippen LogP contribution >= 0.6 is 23.2 Å². The molecule has 1 unspecified atom stereocenters. The number of benzene rings is 2. The average Bonchev–Trinajstić information content (AvgIpc) is 3.03. The summed E-state index contributed by atoms with van der Waals surface area (Å²) in [5.74, 6) is -0.370. The number of cyclic esters (lactones) is 1. The molecule has 0 aliphatic carbocycles. The smallest absolute Gasteiger partial charge is 0.408 e. The lowest BCUT2D eigenvalue weighted by molar-refractivity contribution is -0.128. The third-order valence-electron chi connectivity index (χ3n) is 3.98. The van der Waals surface area contributed by atoms with E-state index in [0.717, 1.165) is 16.7 Å². The van der Waals surface area contributed by atoms with Crippen LogP contribution in [0.15, 0.2) is 42.5 Å². The minimum Gasteiger partial charge on any atom is -0.434 e. The van der Waals surface area contributed by atoms with E-state index in [1.165, 1.54) is 0 Å². The van der Waals surface area contributed by atoms with Gasteiger partial charge in [-0.1, -0.05) is 47.5 Å². The molecule has 2 amide bonds. The zero-order valence-electron chi connectivity index (χ0n) is 13.4. The Kier molecular flexibility index (Phi) is 5.16. The first-order chi connectivity index (χ1) is 11.9. The standard InChI is InChI=1S/C18H16Cl2N2O3/c1-10-8-12(4-7-14(10)20)16(11-2-5-13(19)6-3-11)22-17(23)15-9-21-18(24)25-15/h2-8,15-16H,9H2,1H3,(H,21,24)(H,22,23)/t15?,16-/m1/s1. The van der Waals surface area contributed by atoms with Crippen molar-refractivity contribution in [2.45, 2.75) is 19.1 Å². The van der Waals surface area contributed by atoms with Crippen molar-refractivity contribution in [3.8, 4) is 0 Å². The van der Waals surface area contributed by atoms with Gasteiger partial charge in [-0.3, -0.25) is 4.79 Å². The number of alkyl carbamates (subject to hydrolysis) is 1. The molecule has 0 saturated carbocycles. The number of nitrogens with one attached hydrogen (secondary N) is 2. The number of halogens is 2. The van der Waals surface area contributed by atoms with Crippen LogP contribution in [0, 0.1) is 6.92 Å². The van der Waals surface area contributed by atoms with Crippen molar-refractivity contribution in [2.24, 2.45) is 0 Å². The molecule has 0 bridgehead atoms. The number of rotatable bonds is 4. The summed E-state index contributed by atoms with van der Waals surface area (Å²) >= 11 is 12.1. The van der Waals surface area contributed by atoms with Crippen LogP contribution < -0.4 is 10.6 Å². The molecule has 1 saturated heterocycles. The Balaban J connectivity index is 1.91. The van der Waals surface area contributed by atoms with E-state index < -0.39 is 18.2 Å². The number of carbonyl (C=O) groups is 2. The Morgan fingerprint density at radius 3 is 2.48 bits per heavy atom. The number of amides is 2. The van der Waals surface area contributed by atoms with E-state index in [1.54, 1.807) is 18.2 Å². The van der Waals surface area contributed by atoms with Crippen LogP contribution in [0.3, 0.4) is 0 Å². The van der Waals surface area contributed by atoms with Crippen molar-refractivity contribution < 1.29 is 14.3 Å². The van der Waals surface area contributed by atoms with Gasteiger partial charge in [-0.25, -0.2) is 4.79 Å². The molecular weight excluding hydrogens is 363 g/mol. The van der Waals surface area contributed by atoms with E-state index in [-0.39, 0.29) is 12.5 Å². The van der Waals surface area contributed by atoms with Crippen LogP contribution in [0.4, 0.5) is 4.79 Å². The summed E-state index contributed by atoms with van der Waals surface area (Å²) in [4.78, 5) is 23.6. The Labute approximate surface area is 155 Å². The Bertz CT molecular complexity index is 808. The second-order valence-electron chi connectivity index (χ2n) is 5.78. The molecule has 130 valence electrons. The second kappa shape index (κ2) is 7.33. The van der Waals surface area contributed by atoms with Crippen molar-refractivity contribution in [1.29, 1.82) is 0 Å². The summed E-state index contributed by atoms with van der Waals surface area (Å²) in [6.07, 6.45) is -1.44. The third kappa shape index (κ3) is 4.06. The fraction of sp³-hybridized carbons (Fsp3) is 0.222. The summed E-state index contributed by atoms with van der Waals surface area (Å²) in [5, 5.41) is 6.66. The highest BCUT2D eigenvalue weighted by Gasteiger charge is 2.31. The Morgan fingerprint density at radius 2 is 1.88 bits per heavy atom. The molecule has 0 radical (unpaired) electrons. The lowest BCUT2D eigenvalue weighted by atomic mass is 9.97. The van der Waals surface area contributed by atoms with Crippen LogP contribution in [-0.4, -0.2) is 24.6 Å². The highest BCUT2D eigenvalue weighted by atomic mass is 35.5. The molecule has 2 aromatic rings. The molecule has 1 fully saturated rings. The lowest BCUT2D eigenvalue weighted by Gasteiger charge is -2.22. The number of hydrogen-bond acceptors (Lipinski definition) is 3. The molecule has 25 heavy (non-hydrogen) atoms. The first kappa shape index (κ1) is 17.6. The maximum atomic E-state index is 12.5. The first-order valence-corrected chi connectivity index (χ1v) is 8.46. The van der Waals surface area contributed by atoms with Crippen molar-refractivity contribution in [2.75, 3.05) is 6.54 Å². The molecule has 0 spiro atoms. The fourth-order valence-corrected chi connectivity index (χ4v) is 2.88. The number of hydrogen-bond donors (Lipinski definition) is 2. The molecule has 2 atom stereocenters. The van der Waals surface area contributed by atoms with Gasteiger partial charge in [0.15, 0.2) is 6.10 Å². The largest absolute Gasteiger partial charge is 0.434 e. The summed E-state index contributed by atoms with van der Waals surface area (Å²) in [6, 6.07) is 12.4. The Hall–Kier alpha value is -2.24. The third-order valence-corrected chi connectivity index (χ3v) is 4.65. The molecular formula is C18H16Cl2N2O3. The van der Waals surface area contributed by atoms with Crippen molar-refractivity contribution in [3.63, 3.8) is 0 Å². The van der Waals surface area contributed by atoms with E-state index in [9.17, 15) is 9.59 Å². The molecule has 1 aliphatic heterocycles. The summed E-state index contributed by atoms with van der Waals surface area (Å²) in [6.45, 7) is 2.05. The fourth-order valence-electron chi connectivity index (χ4n) is 2.63. The van der Waals surface area contributed by atoms with E-state index in [4.69, 9.17) is 27.9 Å². The minimum atomic E-state index is -0.851. The normalized spacial score (nSPS) is 17.6. The van der Waals surface area contributed by atoms with Gasteiger partial charge in [-0.15, -0.1) is 0 Å². The molecule has 2 N–H and O–H groups in total. The maximum Gasteiger partial charge on any atom is 0.408 e. The molecule has 3 rings (SSSR count). The Morgan fingerprint density at radius 1 is 1.20 bits per heavy atom. The van der Waals surface area contributed by atoms with Crippen LogP contribution in [0.2, 0.25) is 10.0 Å². The summed E-state index contributed by atoms with van der Waals surface area (Å²) in [5.41, 5.74) is 2.63. The van der Waals surface area contributed by atoms with Gasteiger partial charge in [-0.05, 0) is 41.8 Å². The van der Waals surface area contributed by atoms with Gasteiger partial charge in [0.2, 0.25) is 0 Å². The monoisotopic (exact) mass is 378 g/mol. The molecule has 2 aromatic carbocycles. The van der Waals surface area contributed by atoms with Gasteiger partial charge < -0.3 is 15.4 Å². The van der Waals surface area contributed by atoms with Gasteiger partial charge in [0.05, 0.1) is 12.6 Å². The van der Waals surface area contributed by atoms with Gasteiger partial charge in [-0.2, -0.15) is 0 Å². The maximum absolute atomic E-state index is 12.5. The number of aryl methyl sites for hydroxylation is 1. The van der Waals surface area contributed by atoms with E-state index in [0.29, 0.717) is 10.0 Å². The van der Waals surface area contributed by atoms with Crippen LogP contribution in [-0.2, 0) is 9.53 Å². The first-order valence-electron chi connectivity index (χ1n) is 7.70. The van der Waals surface area contributed by atoms with E-state index in [2.05, 4.69) is 10.6 Å². The zero-order chi connectivity index (χ0) is 18.0. The molecule has 1 aliphatic rings. The van der Waals surface area contributed by atoms with Crippen LogP contribution in [0.5, 0.6) is 0 Å². The quantitative estimate of drug-likeness (QED) is 0.853. The molecule has 5 nitrogen and oxygen atoms in total. The van der Waals surface area contributed by atoms with Gasteiger partial charge in [0, 0.05) is 10.0 Å². The zero-order valence-corrected chi connectivity index (χ0v) is 14.9. The van der Waals surface area contributed by atoms with Crippen LogP contribution in [0.25, 0.3) is 0 Å². The van der Waals surface area contributed by atoms with Crippen molar-refractivity contribution in [3.05, 3.63) is 69.2 Å². The average molecular weight is 379 g/mol. The highest BCUT2D eigenvalue weighted by molar-refractivity contribution is 6.31. The molecule has 1 heterocycles. The predicted molar refractivity (Wildman–Crippen MR) is 95.9 cm³/mol. The predicted octanol–water partition coefficient (Wildman–Crippen LogP) is 3.62. The van der Waals surface area contributed by atoms with Crippen LogP contribution in [0.1, 0.15) is 22.7 Å². The molecule has 7 heteroatoms. The van der Waals surface area contributed by atoms with Crippen molar-refractivity contribution >= 4 is 35.2 Å². The number of carbonyl (C=O) groups excluding carboxylic acids is 2. The van der Waals surface area contributed by atoms with Gasteiger partial charge >= 0.3 is 6.09 Å². The minimum absolute atomic E-state index is 0.150. The van der Waals surface area contributed by atoms with E-state index >= 15 is 0 Å². The van der Waals surface area contributed by atoms with Gasteiger partial charge in [0.25, 0.3) is 5.91 Å². The second-order valence-corrected chi connectivity index (χ2v) is 6.62. The number of ether oxygens (including phenoxy) is 1. The van der Waals surface area contributed by atoms with Crippen molar-refractivity contribution in [1.82, 2.24) is 10.6 Å². The summed E-state index contributed by atoms with van der Waals surface area (Å²) in [7, 11) is 0. The SMILES string of the molecule is Cc1cc([C@H](NC(=O)C2CNC(=O)O2)c2ccc(Cl)cc2)ccc1Cl. The highest BCUT2D eigenvalue weighted by Crippen LogP contribution is 2.27. The summed E-state index contributed by atoms with van der Waals surface area (Å²) < 4.78 is 4.95.